The van der Waals surface area contributed by atoms with Gasteiger partial charge in [-0.15, -0.1) is 0 Å². The van der Waals surface area contributed by atoms with E-state index in [2.05, 4.69) is 46.8 Å². The van der Waals surface area contributed by atoms with E-state index in [1.165, 1.54) is 23.3 Å². The molecule has 0 saturated heterocycles. The number of benzene rings is 2. The van der Waals surface area contributed by atoms with E-state index in [9.17, 15) is 4.39 Å². The van der Waals surface area contributed by atoms with E-state index in [1.54, 1.807) is 13.1 Å². The molecule has 0 aliphatic carbocycles. The molecule has 2 aromatic rings. The first-order valence-corrected chi connectivity index (χ1v) is 7.42. The van der Waals surface area contributed by atoms with Crippen molar-refractivity contribution in [2.24, 2.45) is 4.99 Å². The number of nitrogens with one attached hydrogen (secondary N) is 2. The van der Waals surface area contributed by atoms with Crippen LogP contribution in [-0.2, 0) is 13.0 Å². The second kappa shape index (κ2) is 8.17. The number of guanidine groups is 1. The zero-order valence-electron chi connectivity index (χ0n) is 13.1. The minimum atomic E-state index is -0.221. The molecule has 0 radical (unpaired) electrons. The van der Waals surface area contributed by atoms with Crippen LogP contribution in [0.25, 0.3) is 0 Å². The summed E-state index contributed by atoms with van der Waals surface area (Å²) in [6.45, 7) is 3.44. The monoisotopic (exact) mass is 299 g/mol. The number of nitrogens with zero attached hydrogens (tertiary/aromatic N) is 1. The van der Waals surface area contributed by atoms with Gasteiger partial charge in [-0.1, -0.05) is 42.0 Å². The molecule has 0 aliphatic rings. The van der Waals surface area contributed by atoms with E-state index in [0.717, 1.165) is 24.5 Å². The van der Waals surface area contributed by atoms with Gasteiger partial charge in [-0.05, 0) is 36.6 Å². The Labute approximate surface area is 131 Å². The molecule has 0 unspecified atom stereocenters. The first-order valence-electron chi connectivity index (χ1n) is 7.42. The number of aliphatic imine (C=N–C) groups is 1. The fourth-order valence-corrected chi connectivity index (χ4v) is 2.25. The Kier molecular flexibility index (Phi) is 5.95. The van der Waals surface area contributed by atoms with Crippen molar-refractivity contribution in [2.75, 3.05) is 13.6 Å². The Hall–Kier alpha value is -2.36. The lowest BCUT2D eigenvalue weighted by Crippen LogP contribution is -2.37. The van der Waals surface area contributed by atoms with Gasteiger partial charge in [0.2, 0.25) is 0 Å². The van der Waals surface area contributed by atoms with Gasteiger partial charge in [0.1, 0.15) is 5.82 Å². The highest BCUT2D eigenvalue weighted by molar-refractivity contribution is 5.79. The molecule has 4 heteroatoms. The van der Waals surface area contributed by atoms with Crippen molar-refractivity contribution in [3.63, 3.8) is 0 Å². The van der Waals surface area contributed by atoms with Crippen LogP contribution in [0.5, 0.6) is 0 Å². The average Bonchev–Trinajstić information content (AvgIpc) is 2.51. The topological polar surface area (TPSA) is 36.4 Å². The molecular formula is C18H22FN3. The van der Waals surface area contributed by atoms with Crippen LogP contribution >= 0.6 is 0 Å². The highest BCUT2D eigenvalue weighted by Crippen LogP contribution is 2.04. The Bertz CT molecular complexity index is 638. The van der Waals surface area contributed by atoms with Crippen LogP contribution in [0.4, 0.5) is 4.39 Å². The minimum absolute atomic E-state index is 0.221. The summed E-state index contributed by atoms with van der Waals surface area (Å²) in [4.78, 5) is 4.17. The van der Waals surface area contributed by atoms with Gasteiger partial charge in [-0.2, -0.15) is 0 Å². The largest absolute Gasteiger partial charge is 0.356 e. The Balaban J connectivity index is 1.78. The molecule has 0 aromatic heterocycles. The first-order chi connectivity index (χ1) is 10.7. The Morgan fingerprint density at radius 3 is 2.55 bits per heavy atom. The van der Waals surface area contributed by atoms with Crippen molar-refractivity contribution < 1.29 is 4.39 Å². The van der Waals surface area contributed by atoms with E-state index in [-0.39, 0.29) is 5.82 Å². The van der Waals surface area contributed by atoms with Crippen molar-refractivity contribution in [3.05, 3.63) is 71.0 Å². The van der Waals surface area contributed by atoms with Gasteiger partial charge >= 0.3 is 0 Å². The Morgan fingerprint density at radius 1 is 1.05 bits per heavy atom. The number of rotatable bonds is 5. The van der Waals surface area contributed by atoms with Crippen molar-refractivity contribution in [2.45, 2.75) is 19.9 Å². The van der Waals surface area contributed by atoms with E-state index in [4.69, 9.17) is 0 Å². The molecule has 3 nitrogen and oxygen atoms in total. The summed E-state index contributed by atoms with van der Waals surface area (Å²) in [6, 6.07) is 15.0. The van der Waals surface area contributed by atoms with Crippen molar-refractivity contribution in [1.29, 1.82) is 0 Å². The fourth-order valence-electron chi connectivity index (χ4n) is 2.25. The van der Waals surface area contributed by atoms with Crippen LogP contribution in [0.3, 0.4) is 0 Å². The molecule has 0 heterocycles. The van der Waals surface area contributed by atoms with Crippen LogP contribution in [0.2, 0.25) is 0 Å². The van der Waals surface area contributed by atoms with E-state index in [1.807, 2.05) is 6.07 Å². The minimum Gasteiger partial charge on any atom is -0.356 e. The van der Waals surface area contributed by atoms with Gasteiger partial charge in [-0.3, -0.25) is 4.99 Å². The molecule has 0 saturated carbocycles. The Morgan fingerprint density at radius 2 is 1.82 bits per heavy atom. The number of hydrogen-bond donors (Lipinski definition) is 2. The van der Waals surface area contributed by atoms with Crippen LogP contribution in [0.1, 0.15) is 16.7 Å². The van der Waals surface area contributed by atoms with Crippen molar-refractivity contribution in [1.82, 2.24) is 10.6 Å². The molecular weight excluding hydrogens is 277 g/mol. The van der Waals surface area contributed by atoms with Crippen LogP contribution in [0, 0.1) is 12.7 Å². The van der Waals surface area contributed by atoms with E-state index >= 15 is 0 Å². The average molecular weight is 299 g/mol. The summed E-state index contributed by atoms with van der Waals surface area (Å²) in [5, 5.41) is 6.45. The van der Waals surface area contributed by atoms with Crippen LogP contribution < -0.4 is 10.6 Å². The zero-order valence-corrected chi connectivity index (χ0v) is 13.1. The summed E-state index contributed by atoms with van der Waals surface area (Å²) < 4.78 is 13.1. The normalized spacial score (nSPS) is 11.3. The molecule has 22 heavy (non-hydrogen) atoms. The third-order valence-corrected chi connectivity index (χ3v) is 3.36. The standard InChI is InChI=1S/C18H22FN3/c1-14-5-3-6-15(11-14)9-10-21-18(20-2)22-13-16-7-4-8-17(19)12-16/h3-8,11-12H,9-10,13H2,1-2H3,(H2,20,21,22). The maximum Gasteiger partial charge on any atom is 0.191 e. The molecule has 2 rings (SSSR count). The maximum atomic E-state index is 13.1. The number of hydrogen-bond acceptors (Lipinski definition) is 1. The van der Waals surface area contributed by atoms with Crippen LogP contribution in [-0.4, -0.2) is 19.6 Å². The number of aryl methyl sites for hydroxylation is 1. The molecule has 2 N–H and O–H groups in total. The zero-order chi connectivity index (χ0) is 15.8. The first kappa shape index (κ1) is 16.0. The molecule has 0 bridgehead atoms. The van der Waals surface area contributed by atoms with Gasteiger partial charge in [0, 0.05) is 20.1 Å². The predicted molar refractivity (Wildman–Crippen MR) is 89.5 cm³/mol. The smallest absolute Gasteiger partial charge is 0.191 e. The predicted octanol–water partition coefficient (Wildman–Crippen LogP) is 3.04. The molecule has 116 valence electrons. The summed E-state index contributed by atoms with van der Waals surface area (Å²) in [6.07, 6.45) is 0.933. The lowest BCUT2D eigenvalue weighted by Gasteiger charge is -2.12. The summed E-state index contributed by atoms with van der Waals surface area (Å²) in [5.74, 6) is 0.499. The van der Waals surface area contributed by atoms with Gasteiger partial charge in [0.05, 0.1) is 0 Å². The highest BCUT2D eigenvalue weighted by Gasteiger charge is 2.00. The van der Waals surface area contributed by atoms with Gasteiger partial charge in [0.15, 0.2) is 5.96 Å². The molecule has 0 aliphatic heterocycles. The lowest BCUT2D eigenvalue weighted by molar-refractivity contribution is 0.624. The van der Waals surface area contributed by atoms with E-state index in [0.29, 0.717) is 6.54 Å². The van der Waals surface area contributed by atoms with Gasteiger partial charge in [-0.25, -0.2) is 4.39 Å². The molecule has 0 amide bonds. The molecule has 2 aromatic carbocycles. The van der Waals surface area contributed by atoms with Crippen molar-refractivity contribution in [3.8, 4) is 0 Å². The second-order valence-electron chi connectivity index (χ2n) is 5.22. The molecule has 0 atom stereocenters. The number of halogens is 1. The van der Waals surface area contributed by atoms with E-state index < -0.39 is 0 Å². The fraction of sp³-hybridized carbons (Fsp3) is 0.278. The quantitative estimate of drug-likeness (QED) is 0.657. The van der Waals surface area contributed by atoms with Gasteiger partial charge in [0.25, 0.3) is 0 Å². The summed E-state index contributed by atoms with van der Waals surface area (Å²) in [7, 11) is 1.73. The summed E-state index contributed by atoms with van der Waals surface area (Å²) >= 11 is 0. The second-order valence-corrected chi connectivity index (χ2v) is 5.22. The van der Waals surface area contributed by atoms with Crippen LogP contribution in [0.15, 0.2) is 53.5 Å². The maximum absolute atomic E-state index is 13.1. The van der Waals surface area contributed by atoms with Crippen molar-refractivity contribution >= 4 is 5.96 Å². The molecule has 0 spiro atoms. The highest BCUT2D eigenvalue weighted by atomic mass is 19.1. The SMILES string of the molecule is CN=C(NCCc1cccc(C)c1)NCc1cccc(F)c1. The summed E-state index contributed by atoms with van der Waals surface area (Å²) in [5.41, 5.74) is 3.46. The third kappa shape index (κ3) is 5.20. The third-order valence-electron chi connectivity index (χ3n) is 3.36. The van der Waals surface area contributed by atoms with Gasteiger partial charge < -0.3 is 10.6 Å². The lowest BCUT2D eigenvalue weighted by atomic mass is 10.1. The molecule has 0 fully saturated rings.